The fourth-order valence-corrected chi connectivity index (χ4v) is 4.11. The fourth-order valence-electron chi connectivity index (χ4n) is 1.83. The van der Waals surface area contributed by atoms with Crippen LogP contribution in [0.25, 0.3) is 9.40 Å². The second kappa shape index (κ2) is 5.04. The Morgan fingerprint density at radius 1 is 1.21 bits per heavy atom. The highest BCUT2D eigenvalue weighted by Gasteiger charge is 2.13. The Labute approximate surface area is 122 Å². The van der Waals surface area contributed by atoms with Gasteiger partial charge in [0.1, 0.15) is 5.82 Å². The van der Waals surface area contributed by atoms with Crippen LogP contribution in [-0.4, -0.2) is 5.78 Å². The second-order valence-electron chi connectivity index (χ2n) is 4.10. The Kier molecular flexibility index (Phi) is 3.39. The Morgan fingerprint density at radius 3 is 2.79 bits per heavy atom. The highest BCUT2D eigenvalue weighted by atomic mass is 35.5. The van der Waals surface area contributed by atoms with Gasteiger partial charge in [0.2, 0.25) is 0 Å². The van der Waals surface area contributed by atoms with Gasteiger partial charge in [-0.2, -0.15) is 0 Å². The minimum Gasteiger partial charge on any atom is -0.293 e. The summed E-state index contributed by atoms with van der Waals surface area (Å²) in [5, 5.41) is 2.30. The Morgan fingerprint density at radius 2 is 2.05 bits per heavy atom. The van der Waals surface area contributed by atoms with E-state index >= 15 is 0 Å². The van der Waals surface area contributed by atoms with Gasteiger partial charge in [0.05, 0.1) is 4.88 Å². The van der Waals surface area contributed by atoms with Crippen molar-refractivity contribution in [2.24, 2.45) is 0 Å². The molecule has 2 aromatic heterocycles. The molecule has 0 amide bonds. The maximum Gasteiger partial charge on any atom is 0.177 e. The van der Waals surface area contributed by atoms with Crippen molar-refractivity contribution < 1.29 is 9.18 Å². The zero-order chi connectivity index (χ0) is 13.4. The standard InChI is InChI=1S/C14H8ClFOS2/c15-10-6-9(16)2-1-8(10)5-11(17)13-7-14-12(19-13)3-4-18-14/h1-4,6-7H,5H2. The average molecular weight is 311 g/mol. The van der Waals surface area contributed by atoms with Crippen molar-refractivity contribution in [1.29, 1.82) is 0 Å². The average Bonchev–Trinajstić information content (AvgIpc) is 2.93. The quantitative estimate of drug-likeness (QED) is 0.609. The van der Waals surface area contributed by atoms with E-state index in [4.69, 9.17) is 11.6 Å². The van der Waals surface area contributed by atoms with Crippen LogP contribution in [-0.2, 0) is 6.42 Å². The number of thiophene rings is 2. The molecule has 0 spiro atoms. The van der Waals surface area contributed by atoms with E-state index in [0.29, 0.717) is 10.6 Å². The zero-order valence-electron chi connectivity index (χ0n) is 9.65. The van der Waals surface area contributed by atoms with Gasteiger partial charge >= 0.3 is 0 Å². The number of hydrogen-bond acceptors (Lipinski definition) is 3. The summed E-state index contributed by atoms with van der Waals surface area (Å²) < 4.78 is 15.2. The van der Waals surface area contributed by atoms with E-state index in [1.165, 1.54) is 23.5 Å². The van der Waals surface area contributed by atoms with E-state index in [-0.39, 0.29) is 12.2 Å². The van der Waals surface area contributed by atoms with Crippen molar-refractivity contribution in [2.45, 2.75) is 6.42 Å². The SMILES string of the molecule is O=C(Cc1ccc(F)cc1Cl)c1cc2sccc2s1. The summed E-state index contributed by atoms with van der Waals surface area (Å²) in [5.41, 5.74) is 0.657. The van der Waals surface area contributed by atoms with E-state index in [2.05, 4.69) is 0 Å². The molecule has 0 aliphatic rings. The van der Waals surface area contributed by atoms with Crippen LogP contribution >= 0.6 is 34.3 Å². The van der Waals surface area contributed by atoms with Gasteiger partial charge in [-0.1, -0.05) is 17.7 Å². The van der Waals surface area contributed by atoms with Crippen molar-refractivity contribution in [3.8, 4) is 0 Å². The number of carbonyl (C=O) groups is 1. The minimum absolute atomic E-state index is 0.0157. The minimum atomic E-state index is -0.391. The molecular weight excluding hydrogens is 303 g/mol. The smallest absolute Gasteiger partial charge is 0.177 e. The van der Waals surface area contributed by atoms with Gasteiger partial charge in [0.15, 0.2) is 5.78 Å². The molecule has 0 aliphatic carbocycles. The van der Waals surface area contributed by atoms with Crippen molar-refractivity contribution in [1.82, 2.24) is 0 Å². The van der Waals surface area contributed by atoms with Crippen molar-refractivity contribution >= 4 is 49.5 Å². The highest BCUT2D eigenvalue weighted by molar-refractivity contribution is 7.27. The number of carbonyl (C=O) groups excluding carboxylic acids is 1. The number of halogens is 2. The maximum atomic E-state index is 12.9. The number of benzene rings is 1. The molecule has 1 nitrogen and oxygen atoms in total. The number of Topliss-reactive ketones (excluding diaryl/α,β-unsaturated/α-hetero) is 1. The molecule has 0 atom stereocenters. The van der Waals surface area contributed by atoms with Crippen LogP contribution in [0.3, 0.4) is 0 Å². The van der Waals surface area contributed by atoms with Crippen LogP contribution in [0.4, 0.5) is 4.39 Å². The van der Waals surface area contributed by atoms with Gasteiger partial charge in [-0.3, -0.25) is 4.79 Å². The number of ketones is 1. The third-order valence-electron chi connectivity index (χ3n) is 2.78. The number of rotatable bonds is 3. The third kappa shape index (κ3) is 2.56. The lowest BCUT2D eigenvalue weighted by Gasteiger charge is -2.02. The lowest BCUT2D eigenvalue weighted by molar-refractivity contribution is 0.0997. The second-order valence-corrected chi connectivity index (χ2v) is 6.53. The molecule has 5 heteroatoms. The van der Waals surface area contributed by atoms with Crippen LogP contribution in [0, 0.1) is 5.82 Å². The number of hydrogen-bond donors (Lipinski definition) is 0. The molecule has 0 saturated heterocycles. The highest BCUT2D eigenvalue weighted by Crippen LogP contribution is 2.31. The summed E-state index contributed by atoms with van der Waals surface area (Å²) in [5.74, 6) is -0.375. The maximum absolute atomic E-state index is 12.9. The lowest BCUT2D eigenvalue weighted by Crippen LogP contribution is -2.01. The molecular formula is C14H8ClFOS2. The summed E-state index contributed by atoms with van der Waals surface area (Å²) in [7, 11) is 0. The molecule has 0 fully saturated rings. The first-order valence-electron chi connectivity index (χ1n) is 5.57. The summed E-state index contributed by atoms with van der Waals surface area (Å²) in [6.45, 7) is 0. The predicted octanol–water partition coefficient (Wildman–Crippen LogP) is 5.18. The molecule has 0 bridgehead atoms. The molecule has 0 radical (unpaired) electrons. The molecule has 96 valence electrons. The van der Waals surface area contributed by atoms with E-state index in [0.717, 1.165) is 14.3 Å². The molecule has 0 N–H and O–H groups in total. The lowest BCUT2D eigenvalue weighted by atomic mass is 10.1. The normalized spacial score (nSPS) is 11.1. The Hall–Kier alpha value is -1.23. The van der Waals surface area contributed by atoms with E-state index in [1.54, 1.807) is 17.4 Å². The predicted molar refractivity (Wildman–Crippen MR) is 79.1 cm³/mol. The van der Waals surface area contributed by atoms with Gasteiger partial charge in [0.25, 0.3) is 0 Å². The molecule has 2 heterocycles. The van der Waals surface area contributed by atoms with Crippen molar-refractivity contribution in [3.63, 3.8) is 0 Å². The molecule has 3 aromatic rings. The zero-order valence-corrected chi connectivity index (χ0v) is 12.0. The largest absolute Gasteiger partial charge is 0.293 e. The Balaban J connectivity index is 1.86. The third-order valence-corrected chi connectivity index (χ3v) is 5.27. The first-order chi connectivity index (χ1) is 9.13. The van der Waals surface area contributed by atoms with Crippen molar-refractivity contribution in [3.05, 3.63) is 57.0 Å². The summed E-state index contributed by atoms with van der Waals surface area (Å²) >= 11 is 9.04. The topological polar surface area (TPSA) is 17.1 Å². The van der Waals surface area contributed by atoms with Crippen molar-refractivity contribution in [2.75, 3.05) is 0 Å². The van der Waals surface area contributed by atoms with E-state index < -0.39 is 5.82 Å². The molecule has 0 saturated carbocycles. The summed E-state index contributed by atoms with van der Waals surface area (Å²) in [6, 6.07) is 8.03. The molecule has 0 unspecified atom stereocenters. The van der Waals surface area contributed by atoms with Crippen LogP contribution in [0.1, 0.15) is 15.2 Å². The van der Waals surface area contributed by atoms with Gasteiger partial charge < -0.3 is 0 Å². The first-order valence-corrected chi connectivity index (χ1v) is 7.65. The molecule has 3 rings (SSSR count). The van der Waals surface area contributed by atoms with Crippen LogP contribution < -0.4 is 0 Å². The fraction of sp³-hybridized carbons (Fsp3) is 0.0714. The van der Waals surface area contributed by atoms with Crippen LogP contribution in [0.2, 0.25) is 5.02 Å². The monoisotopic (exact) mass is 310 g/mol. The van der Waals surface area contributed by atoms with Gasteiger partial charge in [0, 0.05) is 20.8 Å². The number of fused-ring (bicyclic) bond motifs is 1. The molecule has 19 heavy (non-hydrogen) atoms. The summed E-state index contributed by atoms with van der Waals surface area (Å²) in [4.78, 5) is 12.9. The Bertz CT molecular complexity index is 731. The van der Waals surface area contributed by atoms with Gasteiger partial charge in [-0.05, 0) is 35.2 Å². The molecule has 0 aliphatic heterocycles. The van der Waals surface area contributed by atoms with E-state index in [1.807, 2.05) is 17.5 Å². The molecule has 1 aromatic carbocycles. The first kappa shape index (κ1) is 12.8. The van der Waals surface area contributed by atoms with Crippen LogP contribution in [0.5, 0.6) is 0 Å². The van der Waals surface area contributed by atoms with Gasteiger partial charge in [-0.15, -0.1) is 22.7 Å². The summed E-state index contributed by atoms with van der Waals surface area (Å²) in [6.07, 6.45) is 0.201. The van der Waals surface area contributed by atoms with E-state index in [9.17, 15) is 9.18 Å². The van der Waals surface area contributed by atoms with Crippen LogP contribution in [0.15, 0.2) is 35.7 Å². The van der Waals surface area contributed by atoms with Gasteiger partial charge in [-0.25, -0.2) is 4.39 Å².